The Bertz CT molecular complexity index is 899. The fraction of sp³-hybridized carbons (Fsp3) is 0.364. The van der Waals surface area contributed by atoms with Crippen molar-refractivity contribution in [3.05, 3.63) is 53.6 Å². The Balaban J connectivity index is 1.49. The van der Waals surface area contributed by atoms with E-state index in [1.807, 2.05) is 44.2 Å². The van der Waals surface area contributed by atoms with Gasteiger partial charge in [-0.3, -0.25) is 14.5 Å². The maximum Gasteiger partial charge on any atom is 0.251 e. The minimum Gasteiger partial charge on any atom is -0.506 e. The van der Waals surface area contributed by atoms with Gasteiger partial charge in [0, 0.05) is 26.2 Å². The van der Waals surface area contributed by atoms with Gasteiger partial charge in [0.1, 0.15) is 5.75 Å². The number of benzene rings is 2. The van der Waals surface area contributed by atoms with E-state index in [2.05, 4.69) is 9.80 Å². The van der Waals surface area contributed by atoms with Crippen molar-refractivity contribution in [1.29, 1.82) is 0 Å². The molecule has 0 aromatic heterocycles. The molecule has 0 bridgehead atoms. The van der Waals surface area contributed by atoms with Crippen LogP contribution in [0, 0.1) is 13.8 Å². The normalized spacial score (nSPS) is 20.9. The first-order valence-corrected chi connectivity index (χ1v) is 9.67. The maximum atomic E-state index is 13.1. The zero-order chi connectivity index (χ0) is 19.8. The van der Waals surface area contributed by atoms with Crippen molar-refractivity contribution >= 4 is 23.2 Å². The smallest absolute Gasteiger partial charge is 0.251 e. The topological polar surface area (TPSA) is 64.1 Å². The lowest BCUT2D eigenvalue weighted by atomic mass is 10.1. The molecule has 0 radical (unpaired) electrons. The molecule has 2 heterocycles. The van der Waals surface area contributed by atoms with Crippen LogP contribution in [0.15, 0.2) is 42.5 Å². The van der Waals surface area contributed by atoms with Crippen LogP contribution in [0.2, 0.25) is 0 Å². The van der Waals surface area contributed by atoms with E-state index in [0.29, 0.717) is 26.2 Å². The minimum atomic E-state index is -0.405. The molecule has 2 amide bonds. The molecule has 6 nitrogen and oxygen atoms in total. The molecule has 2 aromatic rings. The van der Waals surface area contributed by atoms with E-state index in [1.165, 1.54) is 4.90 Å². The van der Waals surface area contributed by atoms with Crippen molar-refractivity contribution in [3.8, 4) is 5.75 Å². The van der Waals surface area contributed by atoms with Gasteiger partial charge in [-0.2, -0.15) is 0 Å². The molecule has 146 valence electrons. The van der Waals surface area contributed by atoms with Gasteiger partial charge in [-0.25, -0.2) is 4.90 Å². The number of piperazine rings is 1. The van der Waals surface area contributed by atoms with Crippen molar-refractivity contribution in [2.45, 2.75) is 26.3 Å². The Morgan fingerprint density at radius 1 is 0.893 bits per heavy atom. The third-order valence-corrected chi connectivity index (χ3v) is 5.76. The number of hydrogen-bond donors (Lipinski definition) is 1. The van der Waals surface area contributed by atoms with Gasteiger partial charge in [-0.05, 0) is 37.1 Å². The van der Waals surface area contributed by atoms with Crippen LogP contribution in [0.1, 0.15) is 17.5 Å². The molecule has 0 aliphatic carbocycles. The number of para-hydroxylation sites is 3. The molecular weight excluding hydrogens is 354 g/mol. The van der Waals surface area contributed by atoms with Crippen LogP contribution in [-0.4, -0.2) is 54.0 Å². The largest absolute Gasteiger partial charge is 0.506 e. The van der Waals surface area contributed by atoms with E-state index >= 15 is 0 Å². The second-order valence-electron chi connectivity index (χ2n) is 7.54. The number of hydrogen-bond acceptors (Lipinski definition) is 5. The number of carbonyl (C=O) groups excluding carboxylic acids is 2. The molecule has 28 heavy (non-hydrogen) atoms. The summed E-state index contributed by atoms with van der Waals surface area (Å²) in [6.45, 7) is 6.64. The average Bonchev–Trinajstić information content (AvgIpc) is 2.97. The molecule has 0 saturated carbocycles. The number of nitrogens with zero attached hydrogens (tertiary/aromatic N) is 3. The predicted molar refractivity (Wildman–Crippen MR) is 109 cm³/mol. The summed E-state index contributed by atoms with van der Waals surface area (Å²) in [5.41, 5.74) is 3.42. The Labute approximate surface area is 165 Å². The standard InChI is InChI=1S/C22H25N3O3/c1-15-6-5-7-16(2)21(15)25-20(27)14-18(22(25)28)24-12-10-23(11-13-24)17-8-3-4-9-19(17)26/h3-9,18,26H,10-14H2,1-2H3/t18-/m0/s1. The summed E-state index contributed by atoms with van der Waals surface area (Å²) >= 11 is 0. The summed E-state index contributed by atoms with van der Waals surface area (Å²) in [6, 6.07) is 12.7. The summed E-state index contributed by atoms with van der Waals surface area (Å²) in [7, 11) is 0. The lowest BCUT2D eigenvalue weighted by Gasteiger charge is -2.38. The van der Waals surface area contributed by atoms with Crippen LogP contribution < -0.4 is 9.80 Å². The third kappa shape index (κ3) is 3.14. The number of anilines is 2. The maximum absolute atomic E-state index is 13.1. The number of imide groups is 1. The van der Waals surface area contributed by atoms with Crippen molar-refractivity contribution in [2.75, 3.05) is 36.0 Å². The van der Waals surface area contributed by atoms with Crippen molar-refractivity contribution in [1.82, 2.24) is 4.90 Å². The zero-order valence-electron chi connectivity index (χ0n) is 16.3. The number of phenols is 1. The summed E-state index contributed by atoms with van der Waals surface area (Å²) < 4.78 is 0. The van der Waals surface area contributed by atoms with Gasteiger partial charge in [0.2, 0.25) is 5.91 Å². The van der Waals surface area contributed by atoms with Crippen LogP contribution in [0.4, 0.5) is 11.4 Å². The number of amides is 2. The van der Waals surface area contributed by atoms with Gasteiger partial charge in [0.15, 0.2) is 0 Å². The molecule has 0 unspecified atom stereocenters. The first-order valence-electron chi connectivity index (χ1n) is 9.67. The molecule has 6 heteroatoms. The molecule has 1 atom stereocenters. The second kappa shape index (κ2) is 7.28. The summed E-state index contributed by atoms with van der Waals surface area (Å²) in [5, 5.41) is 10.1. The van der Waals surface area contributed by atoms with E-state index in [9.17, 15) is 14.7 Å². The quantitative estimate of drug-likeness (QED) is 0.830. The number of aromatic hydroxyl groups is 1. The molecule has 2 aliphatic rings. The van der Waals surface area contributed by atoms with E-state index < -0.39 is 6.04 Å². The predicted octanol–water partition coefficient (Wildman–Crippen LogP) is 2.46. The van der Waals surface area contributed by atoms with Gasteiger partial charge in [0.25, 0.3) is 5.91 Å². The van der Waals surface area contributed by atoms with Crippen molar-refractivity contribution < 1.29 is 14.7 Å². The summed E-state index contributed by atoms with van der Waals surface area (Å²) in [5.74, 6) is 0.0122. The first-order chi connectivity index (χ1) is 13.5. The number of carbonyl (C=O) groups is 2. The summed E-state index contributed by atoms with van der Waals surface area (Å²) in [4.78, 5) is 31.4. The van der Waals surface area contributed by atoms with Crippen LogP contribution in [-0.2, 0) is 9.59 Å². The first kappa shape index (κ1) is 18.5. The van der Waals surface area contributed by atoms with E-state index in [4.69, 9.17) is 0 Å². The lowest BCUT2D eigenvalue weighted by Crippen LogP contribution is -2.52. The summed E-state index contributed by atoms with van der Waals surface area (Å²) in [6.07, 6.45) is 0.225. The monoisotopic (exact) mass is 379 g/mol. The minimum absolute atomic E-state index is 0.126. The van der Waals surface area contributed by atoms with Gasteiger partial charge in [0.05, 0.1) is 23.8 Å². The molecule has 2 aromatic carbocycles. The third-order valence-electron chi connectivity index (χ3n) is 5.76. The van der Waals surface area contributed by atoms with E-state index in [0.717, 1.165) is 22.5 Å². The Hall–Kier alpha value is -2.86. The van der Waals surface area contributed by atoms with Crippen LogP contribution in [0.5, 0.6) is 5.75 Å². The molecule has 1 N–H and O–H groups in total. The van der Waals surface area contributed by atoms with E-state index in [-0.39, 0.29) is 24.0 Å². The number of aryl methyl sites for hydroxylation is 2. The highest BCUT2D eigenvalue weighted by Gasteiger charge is 2.44. The highest BCUT2D eigenvalue weighted by Crippen LogP contribution is 2.32. The fourth-order valence-electron chi connectivity index (χ4n) is 4.30. The van der Waals surface area contributed by atoms with Gasteiger partial charge in [-0.1, -0.05) is 30.3 Å². The molecular formula is C22H25N3O3. The van der Waals surface area contributed by atoms with E-state index in [1.54, 1.807) is 12.1 Å². The SMILES string of the molecule is Cc1cccc(C)c1N1C(=O)C[C@H](N2CCN(c3ccccc3O)CC2)C1=O. The fourth-order valence-corrected chi connectivity index (χ4v) is 4.30. The number of rotatable bonds is 3. The Kier molecular flexibility index (Phi) is 4.81. The van der Waals surface area contributed by atoms with Crippen LogP contribution in [0.25, 0.3) is 0 Å². The highest BCUT2D eigenvalue weighted by molar-refractivity contribution is 6.23. The van der Waals surface area contributed by atoms with Gasteiger partial charge < -0.3 is 10.0 Å². The van der Waals surface area contributed by atoms with Gasteiger partial charge >= 0.3 is 0 Å². The van der Waals surface area contributed by atoms with Gasteiger partial charge in [-0.15, -0.1) is 0 Å². The molecule has 4 rings (SSSR count). The zero-order valence-corrected chi connectivity index (χ0v) is 16.3. The Morgan fingerprint density at radius 3 is 2.18 bits per heavy atom. The second-order valence-corrected chi connectivity index (χ2v) is 7.54. The number of phenolic OH excluding ortho intramolecular Hbond substituents is 1. The lowest BCUT2D eigenvalue weighted by molar-refractivity contribution is -0.123. The molecule has 2 saturated heterocycles. The molecule has 0 spiro atoms. The van der Waals surface area contributed by atoms with Crippen molar-refractivity contribution in [2.24, 2.45) is 0 Å². The van der Waals surface area contributed by atoms with Crippen LogP contribution >= 0.6 is 0 Å². The highest BCUT2D eigenvalue weighted by atomic mass is 16.3. The molecule has 2 aliphatic heterocycles. The van der Waals surface area contributed by atoms with Crippen LogP contribution in [0.3, 0.4) is 0 Å². The average molecular weight is 379 g/mol. The molecule has 2 fully saturated rings. The van der Waals surface area contributed by atoms with Crippen molar-refractivity contribution in [3.63, 3.8) is 0 Å². The Morgan fingerprint density at radius 2 is 1.54 bits per heavy atom.